The van der Waals surface area contributed by atoms with Crippen LogP contribution in [0.5, 0.6) is 11.5 Å². The third-order valence-corrected chi connectivity index (χ3v) is 6.37. The molecule has 0 bridgehead atoms. The van der Waals surface area contributed by atoms with Gasteiger partial charge < -0.3 is 23.5 Å². The average Bonchev–Trinajstić information content (AvgIpc) is 3.05. The molecule has 184 valence electrons. The number of carbonyl (C=O) groups is 1. The first-order valence-corrected chi connectivity index (χ1v) is 11.6. The van der Waals surface area contributed by atoms with Crippen LogP contribution in [0.4, 0.5) is 0 Å². The van der Waals surface area contributed by atoms with Crippen molar-refractivity contribution in [2.45, 2.75) is 52.2 Å². The molecule has 1 saturated heterocycles. The maximum Gasteiger partial charge on any atom is 0.488 e. The van der Waals surface area contributed by atoms with E-state index in [1.54, 1.807) is 19.2 Å². The van der Waals surface area contributed by atoms with E-state index in [1.807, 2.05) is 65.0 Å². The van der Waals surface area contributed by atoms with Crippen LogP contribution >= 0.6 is 0 Å². The highest BCUT2D eigenvalue weighted by molar-refractivity contribution is 6.55. The van der Waals surface area contributed by atoms with Crippen LogP contribution in [-0.2, 0) is 18.8 Å². The minimum atomic E-state index is -0.720. The van der Waals surface area contributed by atoms with E-state index in [2.05, 4.69) is 6.07 Å². The van der Waals surface area contributed by atoms with Crippen LogP contribution in [0.25, 0.3) is 16.7 Å². The maximum absolute atomic E-state index is 12.8. The molecule has 1 aliphatic heterocycles. The van der Waals surface area contributed by atoms with E-state index in [4.69, 9.17) is 23.5 Å². The Morgan fingerprint density at radius 3 is 2.37 bits per heavy atom. The third kappa shape index (κ3) is 5.37. The van der Waals surface area contributed by atoms with Gasteiger partial charge in [-0.15, -0.1) is 0 Å². The molecule has 2 aromatic carbocycles. The van der Waals surface area contributed by atoms with Gasteiger partial charge in [0.05, 0.1) is 37.6 Å². The van der Waals surface area contributed by atoms with E-state index in [-0.39, 0.29) is 0 Å². The molecule has 3 rings (SSSR count). The van der Waals surface area contributed by atoms with Crippen molar-refractivity contribution in [3.05, 3.63) is 53.5 Å². The molecule has 0 N–H and O–H groups in total. The molecule has 1 heterocycles. The van der Waals surface area contributed by atoms with Crippen molar-refractivity contribution in [2.24, 2.45) is 0 Å². The van der Waals surface area contributed by atoms with E-state index in [0.717, 1.165) is 12.0 Å². The minimum Gasteiger partial charge on any atom is -0.493 e. The van der Waals surface area contributed by atoms with Gasteiger partial charge in [-0.3, -0.25) is 0 Å². The Hall–Kier alpha value is -3.28. The smallest absolute Gasteiger partial charge is 0.488 e. The number of rotatable bonds is 8. The number of hydrogen-bond donors (Lipinski definition) is 0. The molecule has 0 saturated carbocycles. The summed E-state index contributed by atoms with van der Waals surface area (Å²) in [4.78, 5) is 12.8. The number of esters is 1. The normalized spacial score (nSPS) is 16.5. The van der Waals surface area contributed by atoms with E-state index in [1.165, 1.54) is 7.11 Å². The van der Waals surface area contributed by atoms with E-state index in [0.29, 0.717) is 40.4 Å². The number of carbonyl (C=O) groups excluding carboxylic acids is 1. The molecule has 0 amide bonds. The van der Waals surface area contributed by atoms with Gasteiger partial charge in [0.2, 0.25) is 0 Å². The summed E-state index contributed by atoms with van der Waals surface area (Å²) in [6, 6.07) is 13.2. The maximum atomic E-state index is 12.8. The molecule has 8 heteroatoms. The summed E-state index contributed by atoms with van der Waals surface area (Å²) < 4.78 is 28.5. The fourth-order valence-electron chi connectivity index (χ4n) is 3.76. The van der Waals surface area contributed by atoms with Gasteiger partial charge >= 0.3 is 13.1 Å². The largest absolute Gasteiger partial charge is 0.493 e. The Kier molecular flexibility index (Phi) is 7.94. The van der Waals surface area contributed by atoms with Crippen LogP contribution in [0.15, 0.2) is 42.4 Å². The van der Waals surface area contributed by atoms with Crippen LogP contribution in [0.3, 0.4) is 0 Å². The lowest BCUT2D eigenvalue weighted by Gasteiger charge is -2.32. The quantitative estimate of drug-likeness (QED) is 0.293. The summed E-state index contributed by atoms with van der Waals surface area (Å²) >= 11 is 0. The van der Waals surface area contributed by atoms with Gasteiger partial charge in [-0.25, -0.2) is 4.79 Å². The molecule has 35 heavy (non-hydrogen) atoms. The molecule has 0 atom stereocenters. The second-order valence-electron chi connectivity index (χ2n) is 9.26. The summed E-state index contributed by atoms with van der Waals surface area (Å²) in [5, 5.41) is 9.97. The van der Waals surface area contributed by atoms with Crippen LogP contribution in [-0.4, -0.2) is 45.1 Å². The van der Waals surface area contributed by atoms with Crippen LogP contribution in [0.1, 0.15) is 52.2 Å². The van der Waals surface area contributed by atoms with Crippen LogP contribution < -0.4 is 9.47 Å². The average molecular weight is 477 g/mol. The molecule has 0 unspecified atom stereocenters. The summed E-state index contributed by atoms with van der Waals surface area (Å²) in [7, 11) is 2.15. The Balaban J connectivity index is 2.08. The molecular formula is C27H32BNO6. The first kappa shape index (κ1) is 26.3. The first-order valence-electron chi connectivity index (χ1n) is 11.6. The van der Waals surface area contributed by atoms with Gasteiger partial charge in [0.15, 0.2) is 11.5 Å². The molecule has 7 nitrogen and oxygen atoms in total. The number of methoxy groups -OCH3 is 2. The zero-order valence-electron chi connectivity index (χ0n) is 21.4. The fraction of sp³-hybridized carbons (Fsp3) is 0.407. The molecular weight excluding hydrogens is 445 g/mol. The summed E-state index contributed by atoms with van der Waals surface area (Å²) in [6.45, 7) is 10.2. The predicted molar refractivity (Wildman–Crippen MR) is 135 cm³/mol. The number of nitrogens with zero attached hydrogens (tertiary/aromatic N) is 1. The zero-order valence-corrected chi connectivity index (χ0v) is 21.4. The Bertz CT molecular complexity index is 1150. The van der Waals surface area contributed by atoms with Crippen molar-refractivity contribution in [3.8, 4) is 28.7 Å². The fourth-order valence-corrected chi connectivity index (χ4v) is 3.76. The van der Waals surface area contributed by atoms with E-state index in [9.17, 15) is 10.1 Å². The number of nitriles is 1. The van der Waals surface area contributed by atoms with Crippen LogP contribution in [0.2, 0.25) is 0 Å². The van der Waals surface area contributed by atoms with Crippen molar-refractivity contribution in [1.29, 1.82) is 5.26 Å². The Labute approximate surface area is 207 Å². The van der Waals surface area contributed by atoms with Crippen molar-refractivity contribution in [2.75, 3.05) is 20.8 Å². The van der Waals surface area contributed by atoms with E-state index >= 15 is 0 Å². The topological polar surface area (TPSA) is 87.0 Å². The Morgan fingerprint density at radius 2 is 1.80 bits per heavy atom. The van der Waals surface area contributed by atoms with Gasteiger partial charge in [-0.2, -0.15) is 5.26 Å². The second kappa shape index (κ2) is 10.6. The molecule has 0 spiro atoms. The highest BCUT2D eigenvalue weighted by Gasteiger charge is 2.50. The molecule has 0 radical (unpaired) electrons. The number of hydrogen-bond acceptors (Lipinski definition) is 7. The van der Waals surface area contributed by atoms with Gasteiger partial charge in [0, 0.05) is 5.56 Å². The number of benzene rings is 2. The lowest BCUT2D eigenvalue weighted by molar-refractivity contribution is -0.133. The Morgan fingerprint density at radius 1 is 1.11 bits per heavy atom. The summed E-state index contributed by atoms with van der Waals surface area (Å²) in [5.74, 6) is 2.02. The first-order chi connectivity index (χ1) is 16.6. The highest BCUT2D eigenvalue weighted by Crippen LogP contribution is 2.40. The molecule has 0 aliphatic carbocycles. The molecule has 1 aliphatic rings. The predicted octanol–water partition coefficient (Wildman–Crippen LogP) is 5.21. The zero-order chi connectivity index (χ0) is 25.8. The van der Waals surface area contributed by atoms with Crippen molar-refractivity contribution in [3.63, 3.8) is 0 Å². The van der Waals surface area contributed by atoms with Crippen molar-refractivity contribution >= 4 is 18.7 Å². The summed E-state index contributed by atoms with van der Waals surface area (Å²) in [6.07, 6.45) is 0.792. The third-order valence-electron chi connectivity index (χ3n) is 6.37. The SMILES string of the molecule is CCCOc1c(OC)ccc(-c2cccc(/C(=C/B3OC(C)(C)C(C)(C)O3)C(=O)OC)c2)c1C#N. The lowest BCUT2D eigenvalue weighted by Crippen LogP contribution is -2.41. The second-order valence-corrected chi connectivity index (χ2v) is 9.26. The standard InChI is InChI=1S/C27H32BNO6/c1-8-14-33-24-22(17-29)20(12-13-23(24)31-6)18-10-9-11-19(15-18)21(25(30)32-7)16-28-34-26(2,3)27(4,5)35-28/h9-13,15-16H,8,14H2,1-7H3/b21-16-. The monoisotopic (exact) mass is 477 g/mol. The molecule has 0 aromatic heterocycles. The lowest BCUT2D eigenvalue weighted by atomic mass is 9.84. The molecule has 1 fully saturated rings. The minimum absolute atomic E-state index is 0.308. The summed E-state index contributed by atoms with van der Waals surface area (Å²) in [5.41, 5.74) is 1.60. The number of ether oxygens (including phenoxy) is 3. The van der Waals surface area contributed by atoms with Gasteiger partial charge in [0.25, 0.3) is 0 Å². The van der Waals surface area contributed by atoms with Gasteiger partial charge in [-0.05, 0) is 69.4 Å². The van der Waals surface area contributed by atoms with Gasteiger partial charge in [0.1, 0.15) is 11.6 Å². The van der Waals surface area contributed by atoms with Crippen molar-refractivity contribution < 1.29 is 28.3 Å². The molecule has 2 aromatic rings. The van der Waals surface area contributed by atoms with Gasteiger partial charge in [-0.1, -0.05) is 25.1 Å². The van der Waals surface area contributed by atoms with Crippen LogP contribution in [0, 0.1) is 11.3 Å². The highest BCUT2D eigenvalue weighted by atomic mass is 16.7. The van der Waals surface area contributed by atoms with Crippen molar-refractivity contribution in [1.82, 2.24) is 0 Å². The van der Waals surface area contributed by atoms with E-state index < -0.39 is 24.3 Å².